The van der Waals surface area contributed by atoms with E-state index in [4.69, 9.17) is 34.2 Å². The van der Waals surface area contributed by atoms with Gasteiger partial charge in [-0.1, -0.05) is 68.7 Å². The van der Waals surface area contributed by atoms with E-state index in [2.05, 4.69) is 36.6 Å². The normalized spacial score (nSPS) is 16.6. The Labute approximate surface area is 539 Å². The molecule has 1 aliphatic heterocycles. The molecule has 520 valence electrons. The van der Waals surface area contributed by atoms with Crippen LogP contribution in [-0.2, 0) is 72.0 Å². The van der Waals surface area contributed by atoms with Gasteiger partial charge in [-0.3, -0.25) is 38.5 Å². The lowest BCUT2D eigenvalue weighted by atomic mass is 9.89. The third-order valence-electron chi connectivity index (χ3n) is 15.6. The summed E-state index contributed by atoms with van der Waals surface area (Å²) in [4.78, 5) is 125. The number of primary amides is 1. The molecule has 2 rings (SSSR count). The summed E-state index contributed by atoms with van der Waals surface area (Å²) in [5.74, 6) is -5.57. The van der Waals surface area contributed by atoms with Crippen molar-refractivity contribution in [3.8, 4) is 0 Å². The number of hydrogen-bond donors (Lipinski definition) is 8. The number of carbonyl (C=O) groups is 9. The molecule has 10 atom stereocenters. The van der Waals surface area contributed by atoms with Gasteiger partial charge in [0.2, 0.25) is 41.4 Å². The molecule has 1 aromatic rings. The van der Waals surface area contributed by atoms with Crippen molar-refractivity contribution in [3.05, 3.63) is 24.3 Å². The van der Waals surface area contributed by atoms with E-state index in [0.717, 1.165) is 0 Å². The molecule has 0 aromatic heterocycles. The predicted molar refractivity (Wildman–Crippen MR) is 342 cm³/mol. The Balaban J connectivity index is 2.12. The molecule has 1 heterocycles. The number of urea groups is 1. The van der Waals surface area contributed by atoms with E-state index in [1.165, 1.54) is 45.4 Å². The molecule has 0 saturated carbocycles. The Morgan fingerprint density at radius 1 is 0.714 bits per heavy atom. The molecule has 0 unspecified atom stereocenters. The van der Waals surface area contributed by atoms with Crippen LogP contribution in [-0.4, -0.2) is 225 Å². The van der Waals surface area contributed by atoms with Gasteiger partial charge in [0, 0.05) is 53.0 Å². The van der Waals surface area contributed by atoms with Crippen LogP contribution in [0, 0.1) is 29.6 Å². The third kappa shape index (κ3) is 27.9. The second-order valence-corrected chi connectivity index (χ2v) is 26.9. The number of anilines is 1. The van der Waals surface area contributed by atoms with Crippen molar-refractivity contribution >= 4 is 69.2 Å². The summed E-state index contributed by atoms with van der Waals surface area (Å²) < 4.78 is 63.2. The summed E-state index contributed by atoms with van der Waals surface area (Å²) in [7, 11) is 3.64. The number of likely N-dealkylation sites (N-methyl/N-ethyl adjacent to an activating group) is 2. The third-order valence-corrected chi connectivity index (χ3v) is 17.0. The molecule has 0 aliphatic carbocycles. The Morgan fingerprint density at radius 3 is 1.84 bits per heavy atom. The lowest BCUT2D eigenvalue weighted by molar-refractivity contribution is -0.148. The summed E-state index contributed by atoms with van der Waals surface area (Å²) in [5.41, 5.74) is 4.76. The zero-order valence-electron chi connectivity index (χ0n) is 56.9. The minimum atomic E-state index is -4.52. The zero-order chi connectivity index (χ0) is 68.9. The molecule has 1 saturated heterocycles. The Bertz CT molecular complexity index is 2580. The lowest BCUT2D eigenvalue weighted by Crippen LogP contribution is -2.59. The van der Waals surface area contributed by atoms with Crippen molar-refractivity contribution in [2.24, 2.45) is 35.3 Å². The first-order valence-corrected chi connectivity index (χ1v) is 33.0. The van der Waals surface area contributed by atoms with Crippen LogP contribution in [0.3, 0.4) is 0 Å². The topological polar surface area (TPSA) is 363 Å². The van der Waals surface area contributed by atoms with E-state index < -0.39 is 112 Å². The number of benzene rings is 1. The van der Waals surface area contributed by atoms with Gasteiger partial charge in [0.1, 0.15) is 23.7 Å². The highest BCUT2D eigenvalue weighted by molar-refractivity contribution is 7.90. The van der Waals surface area contributed by atoms with Crippen LogP contribution in [0.25, 0.3) is 0 Å². The molecule has 29 heteroatoms. The minimum Gasteiger partial charge on any atom is -0.444 e. The van der Waals surface area contributed by atoms with E-state index in [-0.39, 0.29) is 124 Å². The number of alkyl carbamates (subject to hydrolysis) is 1. The maximum atomic E-state index is 14.4. The summed E-state index contributed by atoms with van der Waals surface area (Å²) in [5, 5.41) is 16.1. The van der Waals surface area contributed by atoms with Gasteiger partial charge < -0.3 is 75.9 Å². The first kappa shape index (κ1) is 80.9. The van der Waals surface area contributed by atoms with Crippen molar-refractivity contribution in [1.29, 1.82) is 0 Å². The van der Waals surface area contributed by atoms with Gasteiger partial charge in [-0.2, -0.15) is 0 Å². The van der Waals surface area contributed by atoms with Crippen LogP contribution >= 0.6 is 0 Å². The fraction of sp³-hybridized carbons (Fsp3) is 0.758. The second-order valence-electron chi connectivity index (χ2n) is 25.3. The van der Waals surface area contributed by atoms with Gasteiger partial charge in [0.05, 0.1) is 87.2 Å². The summed E-state index contributed by atoms with van der Waals surface area (Å²) in [6.07, 6.45) is -0.585. The highest BCUT2D eigenvalue weighted by Gasteiger charge is 2.44. The van der Waals surface area contributed by atoms with Crippen molar-refractivity contribution in [2.75, 3.05) is 100.0 Å². The number of ether oxygens (including phenoxy) is 6. The highest BCUT2D eigenvalue weighted by atomic mass is 32.2. The van der Waals surface area contributed by atoms with E-state index >= 15 is 0 Å². The van der Waals surface area contributed by atoms with E-state index in [1.807, 2.05) is 60.5 Å². The number of nitrogens with zero attached hydrogens (tertiary/aromatic N) is 3. The Hall–Kier alpha value is -6.24. The number of hydrogen-bond acceptors (Lipinski definition) is 18. The van der Waals surface area contributed by atoms with Crippen LogP contribution in [0.4, 0.5) is 15.3 Å². The smallest absolute Gasteiger partial charge is 0.407 e. The first-order chi connectivity index (χ1) is 42.6. The van der Waals surface area contributed by atoms with Crippen LogP contribution in [0.1, 0.15) is 128 Å². The van der Waals surface area contributed by atoms with Crippen LogP contribution in [0.15, 0.2) is 29.2 Å². The predicted octanol–water partition coefficient (Wildman–Crippen LogP) is 3.12. The second kappa shape index (κ2) is 40.0. The maximum Gasteiger partial charge on any atom is 0.407 e. The van der Waals surface area contributed by atoms with Crippen LogP contribution < -0.4 is 42.4 Å². The number of carbonyl (C=O) groups excluding carboxylic acids is 9. The minimum absolute atomic E-state index is 0.0148. The number of methoxy groups -OCH3 is 2. The average molecular weight is 1310 g/mol. The van der Waals surface area contributed by atoms with Gasteiger partial charge >= 0.3 is 12.1 Å². The first-order valence-electron chi connectivity index (χ1n) is 31.5. The van der Waals surface area contributed by atoms with Gasteiger partial charge in [-0.05, 0) is 108 Å². The van der Waals surface area contributed by atoms with Gasteiger partial charge in [-0.25, -0.2) is 22.7 Å². The molecule has 1 aliphatic rings. The Morgan fingerprint density at radius 2 is 1.31 bits per heavy atom. The molecule has 1 fully saturated rings. The molecule has 9 N–H and O–H groups in total. The number of sulfonamides is 1. The quantitative estimate of drug-likeness (QED) is 0.0437. The molecular formula is C62H109N11O17S. The van der Waals surface area contributed by atoms with Gasteiger partial charge in [-0.15, -0.1) is 0 Å². The maximum absolute atomic E-state index is 14.4. The van der Waals surface area contributed by atoms with E-state index in [0.29, 0.717) is 25.8 Å². The monoisotopic (exact) mass is 1310 g/mol. The fourth-order valence-electron chi connectivity index (χ4n) is 10.7. The Kier molecular flexibility index (Phi) is 35.5. The zero-order valence-corrected chi connectivity index (χ0v) is 57.7. The van der Waals surface area contributed by atoms with E-state index in [9.17, 15) is 51.6 Å². The van der Waals surface area contributed by atoms with Crippen molar-refractivity contribution < 1.29 is 80.0 Å². The average Bonchev–Trinajstić information content (AvgIpc) is 2.04. The highest BCUT2D eigenvalue weighted by Crippen LogP contribution is 2.30. The number of rotatable bonds is 41. The number of nitrogens with two attached hydrogens (primary N) is 1. The molecule has 0 spiro atoms. The molecule has 91 heavy (non-hydrogen) atoms. The van der Waals surface area contributed by atoms with Gasteiger partial charge in [0.25, 0.3) is 10.0 Å². The lowest BCUT2D eigenvalue weighted by Gasteiger charge is -2.41. The van der Waals surface area contributed by atoms with Gasteiger partial charge in [0.15, 0.2) is 0 Å². The largest absolute Gasteiger partial charge is 0.444 e. The molecule has 0 bridgehead atoms. The molecule has 0 radical (unpaired) electrons. The van der Waals surface area contributed by atoms with Crippen LogP contribution in [0.2, 0.25) is 0 Å². The fourth-order valence-corrected chi connectivity index (χ4v) is 11.8. The summed E-state index contributed by atoms with van der Waals surface area (Å²) >= 11 is 0. The van der Waals surface area contributed by atoms with Crippen molar-refractivity contribution in [1.82, 2.24) is 46.0 Å². The molecule has 1 aromatic carbocycles. The molecule has 28 nitrogen and oxygen atoms in total. The van der Waals surface area contributed by atoms with Crippen molar-refractivity contribution in [2.45, 2.75) is 187 Å². The summed E-state index contributed by atoms with van der Waals surface area (Å²) in [6, 6.07) is -0.645. The van der Waals surface area contributed by atoms with Crippen LogP contribution in [0.5, 0.6) is 0 Å². The van der Waals surface area contributed by atoms with Crippen molar-refractivity contribution in [3.63, 3.8) is 0 Å². The number of amides is 10. The number of nitrogens with one attached hydrogen (secondary N) is 7. The standard InChI is InChI=1S/C62H109N11O17S/c1-18-41(8)53(72(15)59(80)51(39(4)5)69-58(79)52(40(6)7)71(13)14)47(85-16)37-49(75)73-30-20-22-46(73)54(86-17)42(9)55(76)70-91(83,84)44-25-23-43(24-26-44)66-56(77)45(21-19-28-64-60(63)81)67-57(78)50(38(2)3)68-48(74)27-31-87-33-35-89-36-34-88-32-29-65-61(82)90-62(10,11)12/h23-26,38-42,45-47,50-54H,18-22,27-37H2,1-17H3,(H,65,82)(H,66,77)(H,67,78)(H,68,74)(H,69,79)(H,70,76)(H3,63,64,81)/t41-,42+,45-,46-,47+,50-,51-,52-,53-,54+/m0/s1. The SMILES string of the molecule is CC[C@H](C)[C@@H]([C@@H](CC(=O)N1CCC[C@H]1[C@H](OC)[C@@H](C)C(=O)NS(=O)(=O)c1ccc(NC(=O)[C@H](CCCNC(N)=O)NC(=O)[C@@H](NC(=O)CCOCCOCCOCCNC(=O)OC(C)(C)C)C(C)C)cc1)OC)N(C)C(=O)[C@@H](NC(=O)[C@H](C(C)C)N(C)C)C(C)C. The molecular weight excluding hydrogens is 1200 g/mol. The van der Waals surface area contributed by atoms with E-state index in [1.54, 1.807) is 51.5 Å². The summed E-state index contributed by atoms with van der Waals surface area (Å²) in [6.45, 7) is 23.7. The molecule has 10 amide bonds. The number of likely N-dealkylation sites (tertiary alicyclic amines) is 1.